The van der Waals surface area contributed by atoms with Crippen LogP contribution in [-0.4, -0.2) is 19.7 Å². The Morgan fingerprint density at radius 1 is 1.50 bits per heavy atom. The number of aromatic nitrogens is 4. The summed E-state index contributed by atoms with van der Waals surface area (Å²) in [6.07, 6.45) is 9.86. The van der Waals surface area contributed by atoms with Crippen molar-refractivity contribution < 1.29 is 0 Å². The van der Waals surface area contributed by atoms with Gasteiger partial charge >= 0.3 is 0 Å². The fourth-order valence-corrected chi connectivity index (χ4v) is 2.33. The first kappa shape index (κ1) is 9.63. The van der Waals surface area contributed by atoms with Crippen LogP contribution in [0.25, 0.3) is 11.2 Å². The van der Waals surface area contributed by atoms with Gasteiger partial charge in [-0.05, 0) is 26.2 Å². The molecule has 0 saturated carbocycles. The van der Waals surface area contributed by atoms with Gasteiger partial charge in [0.2, 0.25) is 0 Å². The lowest BCUT2D eigenvalue weighted by molar-refractivity contribution is 0.587. The van der Waals surface area contributed by atoms with Crippen LogP contribution in [-0.2, 0) is 6.54 Å². The van der Waals surface area contributed by atoms with Crippen molar-refractivity contribution in [2.24, 2.45) is 0 Å². The van der Waals surface area contributed by atoms with Gasteiger partial charge in [0.1, 0.15) is 11.3 Å². The molecule has 0 aliphatic heterocycles. The molecule has 0 fully saturated rings. The zero-order valence-electron chi connectivity index (χ0n) is 9.48. The van der Waals surface area contributed by atoms with E-state index in [0.29, 0.717) is 5.92 Å². The fourth-order valence-electron chi connectivity index (χ4n) is 2.33. The number of fused-ring (bicyclic) bond motifs is 1. The van der Waals surface area contributed by atoms with Crippen molar-refractivity contribution >= 4 is 11.2 Å². The van der Waals surface area contributed by atoms with Gasteiger partial charge in [0.25, 0.3) is 0 Å². The van der Waals surface area contributed by atoms with E-state index in [-0.39, 0.29) is 0 Å². The van der Waals surface area contributed by atoms with Crippen molar-refractivity contribution in [2.75, 3.05) is 0 Å². The zero-order valence-corrected chi connectivity index (χ0v) is 9.48. The Morgan fingerprint density at radius 3 is 3.19 bits per heavy atom. The molecule has 4 nitrogen and oxygen atoms in total. The number of H-pyrrole nitrogens is 1. The summed E-state index contributed by atoms with van der Waals surface area (Å²) in [5.41, 5.74) is 2.05. The summed E-state index contributed by atoms with van der Waals surface area (Å²) in [6, 6.07) is 0. The highest BCUT2D eigenvalue weighted by atomic mass is 15.3. The highest BCUT2D eigenvalue weighted by molar-refractivity contribution is 5.70. The number of hydrogen-bond acceptors (Lipinski definition) is 2. The third kappa shape index (κ3) is 1.45. The second-order valence-electron chi connectivity index (χ2n) is 4.30. The highest BCUT2D eigenvalue weighted by Crippen LogP contribution is 2.28. The number of aryl methyl sites for hydroxylation is 1. The normalized spacial score (nSPS) is 20.7. The first-order valence-corrected chi connectivity index (χ1v) is 5.95. The van der Waals surface area contributed by atoms with Crippen LogP contribution in [0, 0.1) is 0 Å². The molecule has 0 amide bonds. The molecule has 3 rings (SSSR count). The van der Waals surface area contributed by atoms with Crippen LogP contribution < -0.4 is 0 Å². The lowest BCUT2D eigenvalue weighted by Crippen LogP contribution is -2.03. The average molecular weight is 216 g/mol. The van der Waals surface area contributed by atoms with E-state index in [1.807, 2.05) is 10.9 Å². The summed E-state index contributed by atoms with van der Waals surface area (Å²) in [5.74, 6) is 1.68. The van der Waals surface area contributed by atoms with Crippen LogP contribution in [0.4, 0.5) is 0 Å². The number of imidazole rings is 1. The predicted octanol–water partition coefficient (Wildman–Crippen LogP) is 2.60. The minimum absolute atomic E-state index is 0.558. The molecule has 84 valence electrons. The molecule has 2 aromatic rings. The van der Waals surface area contributed by atoms with E-state index in [2.05, 4.69) is 34.1 Å². The molecule has 2 aromatic heterocycles. The SMILES string of the molecule is CCn1ncc2[nH]c([C@H]3CC=CCC3)nc21. The Kier molecular flexibility index (Phi) is 2.27. The second kappa shape index (κ2) is 3.77. The molecule has 2 heterocycles. The van der Waals surface area contributed by atoms with Crippen molar-refractivity contribution in [1.82, 2.24) is 19.7 Å². The van der Waals surface area contributed by atoms with Crippen molar-refractivity contribution in [3.63, 3.8) is 0 Å². The fraction of sp³-hybridized carbons (Fsp3) is 0.500. The lowest BCUT2D eigenvalue weighted by Gasteiger charge is -2.14. The molecule has 0 radical (unpaired) electrons. The van der Waals surface area contributed by atoms with Gasteiger partial charge in [-0.25, -0.2) is 9.67 Å². The maximum Gasteiger partial charge on any atom is 0.176 e. The second-order valence-corrected chi connectivity index (χ2v) is 4.30. The van der Waals surface area contributed by atoms with Crippen LogP contribution in [0.2, 0.25) is 0 Å². The van der Waals surface area contributed by atoms with Gasteiger partial charge in [0.05, 0.1) is 6.20 Å². The Hall–Kier alpha value is -1.58. The molecule has 1 aliphatic carbocycles. The summed E-state index contributed by atoms with van der Waals surface area (Å²) in [6.45, 7) is 2.96. The van der Waals surface area contributed by atoms with Crippen molar-refractivity contribution in [3.05, 3.63) is 24.2 Å². The summed E-state index contributed by atoms with van der Waals surface area (Å²) >= 11 is 0. The monoisotopic (exact) mass is 216 g/mol. The Bertz CT molecular complexity index is 520. The van der Waals surface area contributed by atoms with E-state index in [1.54, 1.807) is 0 Å². The number of allylic oxidation sites excluding steroid dienone is 2. The quantitative estimate of drug-likeness (QED) is 0.784. The van der Waals surface area contributed by atoms with Gasteiger partial charge < -0.3 is 4.98 Å². The predicted molar refractivity (Wildman–Crippen MR) is 63.3 cm³/mol. The minimum Gasteiger partial charge on any atom is -0.339 e. The van der Waals surface area contributed by atoms with E-state index in [9.17, 15) is 0 Å². The van der Waals surface area contributed by atoms with Gasteiger partial charge in [0.15, 0.2) is 5.65 Å². The largest absolute Gasteiger partial charge is 0.339 e. The molecule has 16 heavy (non-hydrogen) atoms. The van der Waals surface area contributed by atoms with E-state index in [0.717, 1.165) is 30.0 Å². The molecule has 1 aliphatic rings. The van der Waals surface area contributed by atoms with Gasteiger partial charge in [-0.1, -0.05) is 12.2 Å². The first-order chi connectivity index (χ1) is 7.88. The molecular formula is C12H16N4. The maximum absolute atomic E-state index is 4.68. The van der Waals surface area contributed by atoms with Gasteiger partial charge in [-0.3, -0.25) is 0 Å². The van der Waals surface area contributed by atoms with Crippen LogP contribution in [0.15, 0.2) is 18.3 Å². The van der Waals surface area contributed by atoms with E-state index in [1.165, 1.54) is 12.8 Å². The minimum atomic E-state index is 0.558. The molecule has 1 atom stereocenters. The lowest BCUT2D eigenvalue weighted by atomic mass is 9.94. The maximum atomic E-state index is 4.68. The third-order valence-electron chi connectivity index (χ3n) is 3.26. The molecular weight excluding hydrogens is 200 g/mol. The summed E-state index contributed by atoms with van der Waals surface area (Å²) in [4.78, 5) is 8.07. The molecule has 1 N–H and O–H groups in total. The number of hydrogen-bond donors (Lipinski definition) is 1. The van der Waals surface area contributed by atoms with Gasteiger partial charge in [-0.2, -0.15) is 5.10 Å². The Morgan fingerprint density at radius 2 is 2.44 bits per heavy atom. The molecule has 0 saturated heterocycles. The Balaban J connectivity index is 1.98. The van der Waals surface area contributed by atoms with Crippen LogP contribution >= 0.6 is 0 Å². The molecule has 0 bridgehead atoms. The summed E-state index contributed by atoms with van der Waals surface area (Å²) in [5, 5.41) is 4.27. The topological polar surface area (TPSA) is 46.5 Å². The Labute approximate surface area is 94.4 Å². The highest BCUT2D eigenvalue weighted by Gasteiger charge is 2.17. The summed E-state index contributed by atoms with van der Waals surface area (Å²) < 4.78 is 1.94. The third-order valence-corrected chi connectivity index (χ3v) is 3.26. The van der Waals surface area contributed by atoms with E-state index in [4.69, 9.17) is 0 Å². The molecule has 4 heteroatoms. The van der Waals surface area contributed by atoms with E-state index >= 15 is 0 Å². The number of rotatable bonds is 2. The van der Waals surface area contributed by atoms with Crippen LogP contribution in [0.1, 0.15) is 37.9 Å². The van der Waals surface area contributed by atoms with E-state index < -0.39 is 0 Å². The molecule has 0 unspecified atom stereocenters. The average Bonchev–Trinajstić information content (AvgIpc) is 2.89. The number of aromatic amines is 1. The summed E-state index contributed by atoms with van der Waals surface area (Å²) in [7, 11) is 0. The van der Waals surface area contributed by atoms with Crippen molar-refractivity contribution in [2.45, 2.75) is 38.6 Å². The van der Waals surface area contributed by atoms with Gasteiger partial charge in [-0.15, -0.1) is 0 Å². The van der Waals surface area contributed by atoms with Crippen LogP contribution in [0.3, 0.4) is 0 Å². The first-order valence-electron chi connectivity index (χ1n) is 5.95. The van der Waals surface area contributed by atoms with Crippen LogP contribution in [0.5, 0.6) is 0 Å². The standard InChI is InChI=1S/C12H16N4/c1-2-16-12-10(8-13-16)14-11(15-12)9-6-4-3-5-7-9/h3-4,8-9H,2,5-7H2,1H3,(H,14,15)/t9-/m0/s1. The number of nitrogens with zero attached hydrogens (tertiary/aromatic N) is 3. The van der Waals surface area contributed by atoms with Crippen molar-refractivity contribution in [1.29, 1.82) is 0 Å². The van der Waals surface area contributed by atoms with Crippen molar-refractivity contribution in [3.8, 4) is 0 Å². The molecule has 0 spiro atoms. The van der Waals surface area contributed by atoms with Gasteiger partial charge in [0, 0.05) is 12.5 Å². The molecule has 0 aromatic carbocycles. The smallest absolute Gasteiger partial charge is 0.176 e. The number of nitrogens with one attached hydrogen (secondary N) is 1. The zero-order chi connectivity index (χ0) is 11.0.